The van der Waals surface area contributed by atoms with E-state index < -0.39 is 5.97 Å². The van der Waals surface area contributed by atoms with Crippen molar-refractivity contribution in [2.75, 3.05) is 0 Å². The van der Waals surface area contributed by atoms with Gasteiger partial charge in [0.25, 0.3) is 5.91 Å². The second-order valence-corrected chi connectivity index (χ2v) is 4.88. The van der Waals surface area contributed by atoms with Crippen LogP contribution in [0.15, 0.2) is 24.3 Å². The lowest BCUT2D eigenvalue weighted by atomic mass is 10.1. The fourth-order valence-corrected chi connectivity index (χ4v) is 1.94. The van der Waals surface area contributed by atoms with E-state index in [4.69, 9.17) is 5.11 Å². The molecule has 0 fully saturated rings. The first kappa shape index (κ1) is 16.0. The summed E-state index contributed by atoms with van der Waals surface area (Å²) in [6.45, 7) is 1.90. The molecule has 1 amide bonds. The molecule has 0 aliphatic rings. The molecule has 0 aliphatic carbocycles. The molecule has 0 saturated heterocycles. The lowest BCUT2D eigenvalue weighted by molar-refractivity contribution is -0.137. The number of hydrogen-bond acceptors (Lipinski definition) is 3. The van der Waals surface area contributed by atoms with Gasteiger partial charge in [-0.2, -0.15) is 0 Å². The van der Waals surface area contributed by atoms with E-state index in [1.807, 2.05) is 6.92 Å². The van der Waals surface area contributed by atoms with Gasteiger partial charge in [0.05, 0.1) is 5.56 Å². The third kappa shape index (κ3) is 5.73. The summed E-state index contributed by atoms with van der Waals surface area (Å²) < 4.78 is 0. The van der Waals surface area contributed by atoms with Crippen LogP contribution in [0.1, 0.15) is 49.4 Å². The number of aromatic hydroxyl groups is 1. The fourth-order valence-electron chi connectivity index (χ4n) is 1.94. The molecule has 0 bridgehead atoms. The summed E-state index contributed by atoms with van der Waals surface area (Å²) in [5.41, 5.74) is 0.269. The molecule has 5 nitrogen and oxygen atoms in total. The van der Waals surface area contributed by atoms with Crippen LogP contribution < -0.4 is 5.32 Å². The SMILES string of the molecule is CC(CCCCCC(=O)O)NC(=O)c1ccccc1O. The molecule has 1 rings (SSSR count). The van der Waals surface area contributed by atoms with Gasteiger partial charge in [0.15, 0.2) is 0 Å². The number of unbranched alkanes of at least 4 members (excludes halogenated alkanes) is 2. The van der Waals surface area contributed by atoms with Crippen LogP contribution in [-0.4, -0.2) is 28.1 Å². The first-order chi connectivity index (χ1) is 9.50. The number of nitrogens with one attached hydrogen (secondary N) is 1. The van der Waals surface area contributed by atoms with Crippen molar-refractivity contribution in [2.24, 2.45) is 0 Å². The first-order valence-corrected chi connectivity index (χ1v) is 6.81. The zero-order chi connectivity index (χ0) is 15.0. The highest BCUT2D eigenvalue weighted by Gasteiger charge is 2.12. The predicted molar refractivity (Wildman–Crippen MR) is 75.8 cm³/mol. The van der Waals surface area contributed by atoms with E-state index >= 15 is 0 Å². The Balaban J connectivity index is 2.28. The van der Waals surface area contributed by atoms with Gasteiger partial charge in [0.2, 0.25) is 0 Å². The Kier molecular flexibility index (Phi) is 6.56. The lowest BCUT2D eigenvalue weighted by Gasteiger charge is -2.14. The van der Waals surface area contributed by atoms with Crippen molar-refractivity contribution in [1.82, 2.24) is 5.32 Å². The number of phenols is 1. The van der Waals surface area contributed by atoms with Gasteiger partial charge in [-0.3, -0.25) is 9.59 Å². The van der Waals surface area contributed by atoms with Crippen LogP contribution in [0.3, 0.4) is 0 Å². The van der Waals surface area contributed by atoms with Crippen molar-refractivity contribution in [3.8, 4) is 5.75 Å². The summed E-state index contributed by atoms with van der Waals surface area (Å²) in [4.78, 5) is 22.3. The zero-order valence-corrected chi connectivity index (χ0v) is 11.6. The zero-order valence-electron chi connectivity index (χ0n) is 11.6. The molecule has 110 valence electrons. The van der Waals surface area contributed by atoms with E-state index in [1.54, 1.807) is 18.2 Å². The summed E-state index contributed by atoms with van der Waals surface area (Å²) in [6.07, 6.45) is 3.35. The van der Waals surface area contributed by atoms with Gasteiger partial charge in [-0.25, -0.2) is 0 Å². The third-order valence-electron chi connectivity index (χ3n) is 3.05. The van der Waals surface area contributed by atoms with Crippen LogP contribution in [0.25, 0.3) is 0 Å². The van der Waals surface area contributed by atoms with E-state index in [1.165, 1.54) is 6.07 Å². The van der Waals surface area contributed by atoms with E-state index in [0.29, 0.717) is 6.42 Å². The number of amides is 1. The summed E-state index contributed by atoms with van der Waals surface area (Å²) in [7, 11) is 0. The number of carbonyl (C=O) groups excluding carboxylic acids is 1. The van der Waals surface area contributed by atoms with Gasteiger partial charge < -0.3 is 15.5 Å². The summed E-state index contributed by atoms with van der Waals surface area (Å²) in [5, 5.41) is 20.9. The maximum Gasteiger partial charge on any atom is 0.303 e. The van der Waals surface area contributed by atoms with E-state index in [0.717, 1.165) is 19.3 Å². The maximum atomic E-state index is 11.9. The topological polar surface area (TPSA) is 86.6 Å². The number of aliphatic carboxylic acids is 1. The van der Waals surface area contributed by atoms with Crippen LogP contribution in [0.4, 0.5) is 0 Å². The fraction of sp³-hybridized carbons (Fsp3) is 0.467. The van der Waals surface area contributed by atoms with Crippen LogP contribution in [0.5, 0.6) is 5.75 Å². The molecule has 0 radical (unpaired) electrons. The average molecular weight is 279 g/mol. The second-order valence-electron chi connectivity index (χ2n) is 4.88. The number of carboxylic acid groups (broad SMARTS) is 1. The normalized spacial score (nSPS) is 11.8. The van der Waals surface area contributed by atoms with Crippen molar-refractivity contribution in [1.29, 1.82) is 0 Å². The lowest BCUT2D eigenvalue weighted by Crippen LogP contribution is -2.32. The number of carbonyl (C=O) groups is 2. The molecule has 0 aromatic heterocycles. The minimum atomic E-state index is -0.772. The van der Waals surface area contributed by atoms with Gasteiger partial charge in [0, 0.05) is 12.5 Å². The van der Waals surface area contributed by atoms with Gasteiger partial charge >= 0.3 is 5.97 Å². The quantitative estimate of drug-likeness (QED) is 0.638. The molecule has 0 aliphatic heterocycles. The third-order valence-corrected chi connectivity index (χ3v) is 3.05. The van der Waals surface area contributed by atoms with E-state index in [-0.39, 0.29) is 29.7 Å². The van der Waals surface area contributed by atoms with E-state index in [2.05, 4.69) is 5.32 Å². The Morgan fingerprint density at radius 2 is 1.90 bits per heavy atom. The van der Waals surface area contributed by atoms with Crippen molar-refractivity contribution >= 4 is 11.9 Å². The smallest absolute Gasteiger partial charge is 0.303 e. The van der Waals surface area contributed by atoms with Crippen LogP contribution >= 0.6 is 0 Å². The number of carboxylic acids is 1. The molecule has 3 N–H and O–H groups in total. The molecular weight excluding hydrogens is 258 g/mol. The average Bonchev–Trinajstić information content (AvgIpc) is 2.38. The molecule has 0 heterocycles. The molecular formula is C15H21NO4. The monoisotopic (exact) mass is 279 g/mol. The van der Waals surface area contributed by atoms with Crippen molar-refractivity contribution < 1.29 is 19.8 Å². The molecule has 1 aromatic carbocycles. The summed E-state index contributed by atoms with van der Waals surface area (Å²) in [5.74, 6) is -1.09. The highest BCUT2D eigenvalue weighted by Crippen LogP contribution is 2.15. The van der Waals surface area contributed by atoms with Crippen molar-refractivity contribution in [2.45, 2.75) is 45.1 Å². The van der Waals surface area contributed by atoms with E-state index in [9.17, 15) is 14.7 Å². The second kappa shape index (κ2) is 8.19. The number of hydrogen-bond donors (Lipinski definition) is 3. The summed E-state index contributed by atoms with van der Waals surface area (Å²) >= 11 is 0. The molecule has 1 atom stereocenters. The number of rotatable bonds is 8. The van der Waals surface area contributed by atoms with Crippen LogP contribution in [-0.2, 0) is 4.79 Å². The van der Waals surface area contributed by atoms with Gasteiger partial charge in [-0.05, 0) is 31.9 Å². The van der Waals surface area contributed by atoms with Gasteiger partial charge in [0.1, 0.15) is 5.75 Å². The van der Waals surface area contributed by atoms with Crippen LogP contribution in [0, 0.1) is 0 Å². The van der Waals surface area contributed by atoms with Crippen molar-refractivity contribution in [3.05, 3.63) is 29.8 Å². The van der Waals surface area contributed by atoms with Crippen molar-refractivity contribution in [3.63, 3.8) is 0 Å². The number of phenolic OH excluding ortho intramolecular Hbond substituents is 1. The molecule has 0 saturated carbocycles. The minimum Gasteiger partial charge on any atom is -0.507 e. The highest BCUT2D eigenvalue weighted by atomic mass is 16.4. The standard InChI is InChI=1S/C15H21NO4/c1-11(7-3-2-4-10-14(18)19)16-15(20)12-8-5-6-9-13(12)17/h5-6,8-9,11,17H,2-4,7,10H2,1H3,(H,16,20)(H,18,19). The Morgan fingerprint density at radius 1 is 1.20 bits per heavy atom. The maximum absolute atomic E-state index is 11.9. The predicted octanol–water partition coefficient (Wildman–Crippen LogP) is 2.55. The molecule has 1 aromatic rings. The minimum absolute atomic E-state index is 0.00747. The Bertz CT molecular complexity index is 459. The largest absolute Gasteiger partial charge is 0.507 e. The number of benzene rings is 1. The highest BCUT2D eigenvalue weighted by molar-refractivity contribution is 5.96. The Labute approximate surface area is 118 Å². The summed E-state index contributed by atoms with van der Waals surface area (Å²) in [6, 6.07) is 6.41. The first-order valence-electron chi connectivity index (χ1n) is 6.81. The molecule has 1 unspecified atom stereocenters. The molecule has 5 heteroatoms. The molecule has 0 spiro atoms. The molecule has 20 heavy (non-hydrogen) atoms. The van der Waals surface area contributed by atoms with Gasteiger partial charge in [-0.1, -0.05) is 25.0 Å². The van der Waals surface area contributed by atoms with Crippen LogP contribution in [0.2, 0.25) is 0 Å². The Morgan fingerprint density at radius 3 is 2.55 bits per heavy atom. The Hall–Kier alpha value is -2.04. The number of para-hydroxylation sites is 1. The van der Waals surface area contributed by atoms with Gasteiger partial charge in [-0.15, -0.1) is 0 Å².